The summed E-state index contributed by atoms with van der Waals surface area (Å²) in [5.74, 6) is 1.07. The minimum atomic E-state index is -0.315. The standard InChI is InChI=1S/C19H17NO3S/c1-13(21)23-17-8-6-14(7-9-17)10-16-12-24-19(20-16)15-4-3-5-18(11-15)22-2/h3-9,11-12H,10H2,1-2H3. The minimum Gasteiger partial charge on any atom is -0.497 e. The van der Waals surface area contributed by atoms with Crippen LogP contribution in [-0.4, -0.2) is 18.1 Å². The van der Waals surface area contributed by atoms with Gasteiger partial charge in [0, 0.05) is 24.3 Å². The SMILES string of the molecule is COc1cccc(-c2nc(Cc3ccc(OC(C)=O)cc3)cs2)c1. The highest BCUT2D eigenvalue weighted by Crippen LogP contribution is 2.27. The molecule has 0 unspecified atom stereocenters. The van der Waals surface area contributed by atoms with Gasteiger partial charge in [0.2, 0.25) is 0 Å². The summed E-state index contributed by atoms with van der Waals surface area (Å²) in [6, 6.07) is 15.4. The van der Waals surface area contributed by atoms with Gasteiger partial charge in [0.15, 0.2) is 0 Å². The quantitative estimate of drug-likeness (QED) is 0.513. The highest BCUT2D eigenvalue weighted by Gasteiger charge is 2.07. The Labute approximate surface area is 144 Å². The fourth-order valence-electron chi connectivity index (χ4n) is 2.33. The van der Waals surface area contributed by atoms with E-state index in [2.05, 4.69) is 5.38 Å². The van der Waals surface area contributed by atoms with Crippen molar-refractivity contribution in [3.63, 3.8) is 0 Å². The van der Waals surface area contributed by atoms with Gasteiger partial charge in [-0.2, -0.15) is 0 Å². The number of carbonyl (C=O) groups excluding carboxylic acids is 1. The van der Waals surface area contributed by atoms with Crippen LogP contribution in [0.3, 0.4) is 0 Å². The number of benzene rings is 2. The predicted molar refractivity (Wildman–Crippen MR) is 94.7 cm³/mol. The van der Waals surface area contributed by atoms with Crippen molar-refractivity contribution < 1.29 is 14.3 Å². The van der Waals surface area contributed by atoms with Crippen LogP contribution in [0.2, 0.25) is 0 Å². The lowest BCUT2D eigenvalue weighted by atomic mass is 10.1. The van der Waals surface area contributed by atoms with Gasteiger partial charge in [-0.15, -0.1) is 11.3 Å². The van der Waals surface area contributed by atoms with E-state index in [1.165, 1.54) is 6.92 Å². The zero-order valence-corrected chi connectivity index (χ0v) is 14.3. The van der Waals surface area contributed by atoms with Crippen LogP contribution in [-0.2, 0) is 11.2 Å². The van der Waals surface area contributed by atoms with E-state index < -0.39 is 0 Å². The summed E-state index contributed by atoms with van der Waals surface area (Å²) in [6.45, 7) is 1.39. The van der Waals surface area contributed by atoms with Gasteiger partial charge in [0.05, 0.1) is 12.8 Å². The number of nitrogens with zero attached hydrogens (tertiary/aromatic N) is 1. The molecule has 122 valence electrons. The van der Waals surface area contributed by atoms with Crippen molar-refractivity contribution >= 4 is 17.3 Å². The smallest absolute Gasteiger partial charge is 0.308 e. The second kappa shape index (κ2) is 7.27. The molecular formula is C19H17NO3S. The first-order chi connectivity index (χ1) is 11.6. The van der Waals surface area contributed by atoms with Crippen LogP contribution in [0, 0.1) is 0 Å². The molecule has 0 radical (unpaired) electrons. The van der Waals surface area contributed by atoms with Crippen molar-refractivity contribution in [2.75, 3.05) is 7.11 Å². The monoisotopic (exact) mass is 339 g/mol. The van der Waals surface area contributed by atoms with Gasteiger partial charge in [0.1, 0.15) is 16.5 Å². The summed E-state index contributed by atoms with van der Waals surface area (Å²) in [5.41, 5.74) is 3.18. The first-order valence-corrected chi connectivity index (χ1v) is 8.38. The fourth-order valence-corrected chi connectivity index (χ4v) is 3.14. The molecule has 24 heavy (non-hydrogen) atoms. The summed E-state index contributed by atoms with van der Waals surface area (Å²) in [5, 5.41) is 3.04. The third-order valence-electron chi connectivity index (χ3n) is 3.44. The second-order valence-corrected chi connectivity index (χ2v) is 6.15. The fraction of sp³-hybridized carbons (Fsp3) is 0.158. The maximum atomic E-state index is 10.9. The molecule has 0 amide bonds. The maximum absolute atomic E-state index is 10.9. The number of rotatable bonds is 5. The minimum absolute atomic E-state index is 0.315. The molecule has 0 saturated heterocycles. The molecule has 0 atom stereocenters. The summed E-state index contributed by atoms with van der Waals surface area (Å²) in [6.07, 6.45) is 0.737. The van der Waals surface area contributed by atoms with E-state index in [1.807, 2.05) is 36.4 Å². The average molecular weight is 339 g/mol. The molecule has 5 heteroatoms. The Morgan fingerprint density at radius 2 is 1.92 bits per heavy atom. The third kappa shape index (κ3) is 4.00. The molecule has 0 aliphatic rings. The average Bonchev–Trinajstić information content (AvgIpc) is 3.05. The molecule has 0 bridgehead atoms. The van der Waals surface area contributed by atoms with Crippen molar-refractivity contribution in [2.24, 2.45) is 0 Å². The van der Waals surface area contributed by atoms with Crippen LogP contribution in [0.5, 0.6) is 11.5 Å². The lowest BCUT2D eigenvalue weighted by molar-refractivity contribution is -0.131. The van der Waals surface area contributed by atoms with Crippen LogP contribution in [0.4, 0.5) is 0 Å². The Balaban J connectivity index is 1.72. The molecule has 1 aromatic heterocycles. The molecule has 0 aliphatic carbocycles. The number of carbonyl (C=O) groups is 1. The van der Waals surface area contributed by atoms with Crippen LogP contribution < -0.4 is 9.47 Å². The number of thiazole rings is 1. The molecule has 0 fully saturated rings. The highest BCUT2D eigenvalue weighted by molar-refractivity contribution is 7.13. The number of methoxy groups -OCH3 is 1. The van der Waals surface area contributed by atoms with Gasteiger partial charge >= 0.3 is 5.97 Å². The summed E-state index contributed by atoms with van der Waals surface area (Å²) in [7, 11) is 1.66. The van der Waals surface area contributed by atoms with E-state index in [4.69, 9.17) is 14.5 Å². The molecule has 0 saturated carbocycles. The molecule has 0 aliphatic heterocycles. The topological polar surface area (TPSA) is 48.4 Å². The van der Waals surface area contributed by atoms with Gasteiger partial charge in [-0.1, -0.05) is 24.3 Å². The predicted octanol–water partition coefficient (Wildman–Crippen LogP) is 4.33. The van der Waals surface area contributed by atoms with Crippen molar-refractivity contribution in [1.29, 1.82) is 0 Å². The molecule has 0 spiro atoms. The van der Waals surface area contributed by atoms with E-state index in [9.17, 15) is 4.79 Å². The number of hydrogen-bond acceptors (Lipinski definition) is 5. The van der Waals surface area contributed by atoms with Crippen LogP contribution in [0.1, 0.15) is 18.2 Å². The third-order valence-corrected chi connectivity index (χ3v) is 4.38. The van der Waals surface area contributed by atoms with Gasteiger partial charge < -0.3 is 9.47 Å². The highest BCUT2D eigenvalue weighted by atomic mass is 32.1. The number of aromatic nitrogens is 1. The lowest BCUT2D eigenvalue weighted by Gasteiger charge is -2.03. The molecule has 1 heterocycles. The maximum Gasteiger partial charge on any atom is 0.308 e. The van der Waals surface area contributed by atoms with E-state index >= 15 is 0 Å². The Hall–Kier alpha value is -2.66. The van der Waals surface area contributed by atoms with Crippen LogP contribution in [0.25, 0.3) is 10.6 Å². The zero-order valence-electron chi connectivity index (χ0n) is 13.5. The zero-order chi connectivity index (χ0) is 16.9. The molecule has 4 nitrogen and oxygen atoms in total. The van der Waals surface area contributed by atoms with Gasteiger partial charge in [-0.3, -0.25) is 4.79 Å². The number of hydrogen-bond donors (Lipinski definition) is 0. The van der Waals surface area contributed by atoms with E-state index in [1.54, 1.807) is 30.6 Å². The molecule has 3 rings (SSSR count). The Kier molecular flexibility index (Phi) is 4.91. The summed E-state index contributed by atoms with van der Waals surface area (Å²) < 4.78 is 10.3. The summed E-state index contributed by atoms with van der Waals surface area (Å²) in [4.78, 5) is 15.6. The van der Waals surface area contributed by atoms with Gasteiger partial charge in [-0.25, -0.2) is 4.98 Å². The molecule has 2 aromatic carbocycles. The van der Waals surface area contributed by atoms with Crippen LogP contribution in [0.15, 0.2) is 53.9 Å². The first kappa shape index (κ1) is 16.2. The van der Waals surface area contributed by atoms with Crippen molar-refractivity contribution in [1.82, 2.24) is 4.98 Å². The van der Waals surface area contributed by atoms with Crippen molar-refractivity contribution in [3.05, 3.63) is 65.2 Å². The lowest BCUT2D eigenvalue weighted by Crippen LogP contribution is -2.01. The van der Waals surface area contributed by atoms with Crippen molar-refractivity contribution in [3.8, 4) is 22.1 Å². The van der Waals surface area contributed by atoms with Crippen molar-refractivity contribution in [2.45, 2.75) is 13.3 Å². The van der Waals surface area contributed by atoms with Gasteiger partial charge in [-0.05, 0) is 29.8 Å². The Morgan fingerprint density at radius 1 is 1.12 bits per heavy atom. The number of esters is 1. The molecule has 0 N–H and O–H groups in total. The molecular weight excluding hydrogens is 322 g/mol. The van der Waals surface area contributed by atoms with Gasteiger partial charge in [0.25, 0.3) is 0 Å². The molecule has 3 aromatic rings. The Morgan fingerprint density at radius 3 is 2.62 bits per heavy atom. The Bertz CT molecular complexity index is 840. The summed E-state index contributed by atoms with van der Waals surface area (Å²) >= 11 is 1.62. The second-order valence-electron chi connectivity index (χ2n) is 5.29. The van der Waals surface area contributed by atoms with E-state index in [-0.39, 0.29) is 5.97 Å². The first-order valence-electron chi connectivity index (χ1n) is 7.50. The van der Waals surface area contributed by atoms with Crippen LogP contribution >= 0.6 is 11.3 Å². The normalized spacial score (nSPS) is 10.4. The largest absolute Gasteiger partial charge is 0.497 e. The number of ether oxygens (including phenoxy) is 2. The van der Waals surface area contributed by atoms with E-state index in [0.29, 0.717) is 5.75 Å². The van der Waals surface area contributed by atoms with E-state index in [0.717, 1.165) is 34.0 Å².